The third-order valence-electron chi connectivity index (χ3n) is 3.31. The van der Waals surface area contributed by atoms with Gasteiger partial charge >= 0.3 is 11.9 Å². The number of rotatable bonds is 4. The lowest BCUT2D eigenvalue weighted by molar-refractivity contribution is 0.0596. The predicted octanol–water partition coefficient (Wildman–Crippen LogP) is 2.73. The molecule has 0 unspecified atom stereocenters. The topological polar surface area (TPSA) is 92.7 Å². The number of anilines is 1. The Balaban J connectivity index is 2.35. The lowest BCUT2D eigenvalue weighted by Gasteiger charge is -2.11. The van der Waals surface area contributed by atoms with E-state index in [1.807, 2.05) is 0 Å². The lowest BCUT2D eigenvalue weighted by Crippen LogP contribution is -2.18. The quantitative estimate of drug-likeness (QED) is 0.847. The van der Waals surface area contributed by atoms with E-state index in [0.717, 1.165) is 0 Å². The summed E-state index contributed by atoms with van der Waals surface area (Å²) < 4.78 is 4.65. The molecule has 0 fully saturated rings. The highest BCUT2D eigenvalue weighted by atomic mass is 16.5. The number of amides is 1. The highest BCUT2D eigenvalue weighted by molar-refractivity contribution is 6.11. The van der Waals surface area contributed by atoms with Gasteiger partial charge in [0.25, 0.3) is 5.91 Å². The fraction of sp³-hybridized carbons (Fsp3) is 0.118. The van der Waals surface area contributed by atoms with Gasteiger partial charge in [0.15, 0.2) is 0 Å². The first-order valence-corrected chi connectivity index (χ1v) is 6.76. The molecule has 2 aromatic rings. The molecule has 118 valence electrons. The van der Waals surface area contributed by atoms with Gasteiger partial charge < -0.3 is 15.2 Å². The highest BCUT2D eigenvalue weighted by Crippen LogP contribution is 2.19. The molecule has 0 atom stereocenters. The van der Waals surface area contributed by atoms with E-state index in [2.05, 4.69) is 10.1 Å². The van der Waals surface area contributed by atoms with Gasteiger partial charge in [-0.2, -0.15) is 0 Å². The summed E-state index contributed by atoms with van der Waals surface area (Å²) in [5.74, 6) is -2.22. The van der Waals surface area contributed by atoms with E-state index in [0.29, 0.717) is 11.3 Å². The molecule has 0 aliphatic rings. The minimum Gasteiger partial charge on any atom is -0.478 e. The third-order valence-corrected chi connectivity index (χ3v) is 3.31. The van der Waals surface area contributed by atoms with Crippen molar-refractivity contribution in [3.05, 3.63) is 64.7 Å². The molecule has 6 heteroatoms. The maximum atomic E-state index is 12.4. The van der Waals surface area contributed by atoms with Crippen LogP contribution in [0.5, 0.6) is 0 Å². The van der Waals surface area contributed by atoms with E-state index in [9.17, 15) is 14.4 Å². The van der Waals surface area contributed by atoms with Crippen molar-refractivity contribution < 1.29 is 24.2 Å². The molecule has 0 spiro atoms. The molecule has 1 amide bonds. The van der Waals surface area contributed by atoms with Crippen LogP contribution in [-0.4, -0.2) is 30.1 Å². The number of carbonyl (C=O) groups is 3. The smallest absolute Gasteiger partial charge is 0.338 e. The average molecular weight is 313 g/mol. The molecule has 0 aromatic heterocycles. The summed E-state index contributed by atoms with van der Waals surface area (Å²) in [5, 5.41) is 11.7. The Bertz CT molecular complexity index is 782. The largest absolute Gasteiger partial charge is 0.478 e. The molecule has 0 saturated carbocycles. The predicted molar refractivity (Wildman–Crippen MR) is 83.9 cm³/mol. The number of nitrogens with one attached hydrogen (secondary N) is 1. The summed E-state index contributed by atoms with van der Waals surface area (Å²) in [4.78, 5) is 35.2. The molecule has 2 aromatic carbocycles. The van der Waals surface area contributed by atoms with E-state index >= 15 is 0 Å². The van der Waals surface area contributed by atoms with E-state index < -0.39 is 17.8 Å². The first kappa shape index (κ1) is 16.2. The summed E-state index contributed by atoms with van der Waals surface area (Å²) in [5.41, 5.74) is 1.43. The van der Waals surface area contributed by atoms with Crippen LogP contribution >= 0.6 is 0 Å². The van der Waals surface area contributed by atoms with E-state index in [1.165, 1.54) is 31.4 Å². The lowest BCUT2D eigenvalue weighted by atomic mass is 10.1. The van der Waals surface area contributed by atoms with Crippen molar-refractivity contribution in [1.29, 1.82) is 0 Å². The van der Waals surface area contributed by atoms with Crippen LogP contribution in [0.3, 0.4) is 0 Å². The number of aromatic carboxylic acids is 1. The number of benzene rings is 2. The van der Waals surface area contributed by atoms with Gasteiger partial charge in [-0.25, -0.2) is 9.59 Å². The summed E-state index contributed by atoms with van der Waals surface area (Å²) in [6.07, 6.45) is 0. The number of methoxy groups -OCH3 is 1. The number of esters is 1. The molecular formula is C17H15NO5. The van der Waals surface area contributed by atoms with Crippen molar-refractivity contribution in [2.45, 2.75) is 6.92 Å². The molecule has 2 rings (SSSR count). The van der Waals surface area contributed by atoms with Crippen LogP contribution in [0.25, 0.3) is 0 Å². The SMILES string of the molecule is COC(=O)c1ccccc1C(=O)Nc1cc(C(=O)O)ccc1C. The summed E-state index contributed by atoms with van der Waals surface area (Å²) in [6, 6.07) is 10.7. The maximum Gasteiger partial charge on any atom is 0.338 e. The van der Waals surface area contributed by atoms with Crippen molar-refractivity contribution in [2.24, 2.45) is 0 Å². The van der Waals surface area contributed by atoms with E-state index in [4.69, 9.17) is 5.11 Å². The average Bonchev–Trinajstić information content (AvgIpc) is 2.55. The minimum absolute atomic E-state index is 0.0622. The Morgan fingerprint density at radius 3 is 2.30 bits per heavy atom. The van der Waals surface area contributed by atoms with Crippen LogP contribution in [0.15, 0.2) is 42.5 Å². The molecule has 2 N–H and O–H groups in total. The second-order valence-electron chi connectivity index (χ2n) is 4.83. The molecule has 6 nitrogen and oxygen atoms in total. The fourth-order valence-electron chi connectivity index (χ4n) is 2.05. The normalized spacial score (nSPS) is 10.0. The Labute approximate surface area is 132 Å². The van der Waals surface area contributed by atoms with Crippen molar-refractivity contribution in [3.63, 3.8) is 0 Å². The van der Waals surface area contributed by atoms with Gasteiger partial charge in [0, 0.05) is 5.69 Å². The number of ether oxygens (including phenoxy) is 1. The van der Waals surface area contributed by atoms with Crippen molar-refractivity contribution in [2.75, 3.05) is 12.4 Å². The molecular weight excluding hydrogens is 298 g/mol. The van der Waals surface area contributed by atoms with Crippen molar-refractivity contribution in [3.8, 4) is 0 Å². The maximum absolute atomic E-state index is 12.4. The van der Waals surface area contributed by atoms with Crippen LogP contribution in [0.1, 0.15) is 36.6 Å². The first-order chi connectivity index (χ1) is 10.9. The summed E-state index contributed by atoms with van der Waals surface area (Å²) in [6.45, 7) is 1.74. The van der Waals surface area contributed by atoms with Crippen LogP contribution in [0.2, 0.25) is 0 Å². The Morgan fingerprint density at radius 1 is 1.04 bits per heavy atom. The van der Waals surface area contributed by atoms with Gasteiger partial charge in [0.1, 0.15) is 0 Å². The van der Waals surface area contributed by atoms with Gasteiger partial charge in [-0.1, -0.05) is 18.2 Å². The molecule has 0 aliphatic carbocycles. The molecule has 23 heavy (non-hydrogen) atoms. The Hall–Kier alpha value is -3.15. The monoisotopic (exact) mass is 313 g/mol. The van der Waals surface area contributed by atoms with Crippen LogP contribution in [0.4, 0.5) is 5.69 Å². The minimum atomic E-state index is -1.09. The van der Waals surface area contributed by atoms with Gasteiger partial charge in [-0.3, -0.25) is 4.79 Å². The molecule has 0 saturated heterocycles. The zero-order valence-corrected chi connectivity index (χ0v) is 12.6. The molecule has 0 radical (unpaired) electrons. The second-order valence-corrected chi connectivity index (χ2v) is 4.83. The Kier molecular flexibility index (Phi) is 4.75. The fourth-order valence-corrected chi connectivity index (χ4v) is 2.05. The zero-order chi connectivity index (χ0) is 17.0. The standard InChI is InChI=1S/C17H15NO5/c1-10-7-8-11(16(20)21)9-14(10)18-15(19)12-5-3-4-6-13(12)17(22)23-2/h3-9H,1-2H3,(H,18,19)(H,20,21). The van der Waals surface area contributed by atoms with Gasteiger partial charge in [-0.15, -0.1) is 0 Å². The number of carbonyl (C=O) groups excluding carboxylic acids is 2. The van der Waals surface area contributed by atoms with Gasteiger partial charge in [0.05, 0.1) is 23.8 Å². The third kappa shape index (κ3) is 3.55. The van der Waals surface area contributed by atoms with Crippen LogP contribution < -0.4 is 5.32 Å². The van der Waals surface area contributed by atoms with Crippen LogP contribution in [-0.2, 0) is 4.74 Å². The highest BCUT2D eigenvalue weighted by Gasteiger charge is 2.18. The van der Waals surface area contributed by atoms with E-state index in [1.54, 1.807) is 25.1 Å². The van der Waals surface area contributed by atoms with Crippen LogP contribution in [0, 0.1) is 6.92 Å². The second kappa shape index (κ2) is 6.74. The van der Waals surface area contributed by atoms with Gasteiger partial charge in [-0.05, 0) is 36.8 Å². The first-order valence-electron chi connectivity index (χ1n) is 6.76. The number of hydrogen-bond donors (Lipinski definition) is 2. The van der Waals surface area contributed by atoms with Crippen molar-refractivity contribution >= 4 is 23.5 Å². The molecule has 0 aliphatic heterocycles. The zero-order valence-electron chi connectivity index (χ0n) is 12.6. The van der Waals surface area contributed by atoms with Crippen molar-refractivity contribution in [1.82, 2.24) is 0 Å². The number of aryl methyl sites for hydroxylation is 1. The Morgan fingerprint density at radius 2 is 1.70 bits per heavy atom. The number of hydrogen-bond acceptors (Lipinski definition) is 4. The number of carboxylic acid groups (broad SMARTS) is 1. The summed E-state index contributed by atoms with van der Waals surface area (Å²) >= 11 is 0. The molecule has 0 heterocycles. The van der Waals surface area contributed by atoms with E-state index in [-0.39, 0.29) is 16.7 Å². The number of carboxylic acids is 1. The molecule has 0 bridgehead atoms. The van der Waals surface area contributed by atoms with Gasteiger partial charge in [0.2, 0.25) is 0 Å². The summed E-state index contributed by atoms with van der Waals surface area (Å²) in [7, 11) is 1.23.